The number of nitrogens with zero attached hydrogens (tertiary/aromatic N) is 3. The molecule has 0 saturated heterocycles. The summed E-state index contributed by atoms with van der Waals surface area (Å²) >= 11 is 0. The predicted octanol–water partition coefficient (Wildman–Crippen LogP) is 1.98. The maximum Gasteiger partial charge on any atom is 0.0568 e. The summed E-state index contributed by atoms with van der Waals surface area (Å²) in [4.78, 5) is 4.27. The Morgan fingerprint density at radius 1 is 1.24 bits per heavy atom. The van der Waals surface area contributed by atoms with Crippen LogP contribution >= 0.6 is 0 Å². The maximum absolute atomic E-state index is 4.27. The standard InChI is InChI=1S/C13H18N4/c1-10(2)15-6-11-4-12(7-14-5-11)13-8-16-17(3)9-13/h4-5,7-10,15H,6H2,1-3H3. The van der Waals surface area contributed by atoms with Gasteiger partial charge in [-0.25, -0.2) is 0 Å². The molecule has 0 unspecified atom stereocenters. The van der Waals surface area contributed by atoms with Gasteiger partial charge in [0.15, 0.2) is 0 Å². The van der Waals surface area contributed by atoms with Crippen LogP contribution in [0.4, 0.5) is 0 Å². The summed E-state index contributed by atoms with van der Waals surface area (Å²) in [6.07, 6.45) is 7.62. The first-order chi connectivity index (χ1) is 8.15. The molecule has 1 N–H and O–H groups in total. The number of aryl methyl sites for hydroxylation is 1. The van der Waals surface area contributed by atoms with E-state index in [1.807, 2.05) is 31.8 Å². The van der Waals surface area contributed by atoms with E-state index < -0.39 is 0 Å². The molecule has 17 heavy (non-hydrogen) atoms. The lowest BCUT2D eigenvalue weighted by atomic mass is 10.1. The normalized spacial score (nSPS) is 11.1. The highest BCUT2D eigenvalue weighted by atomic mass is 15.2. The predicted molar refractivity (Wildman–Crippen MR) is 68.4 cm³/mol. The fourth-order valence-corrected chi connectivity index (χ4v) is 1.63. The Balaban J connectivity index is 2.16. The van der Waals surface area contributed by atoms with Crippen LogP contribution in [-0.2, 0) is 13.6 Å². The van der Waals surface area contributed by atoms with E-state index in [1.165, 1.54) is 5.56 Å². The number of hydrogen-bond donors (Lipinski definition) is 1. The molecule has 0 bridgehead atoms. The molecule has 0 spiro atoms. The lowest BCUT2D eigenvalue weighted by Gasteiger charge is -2.08. The Morgan fingerprint density at radius 3 is 2.71 bits per heavy atom. The minimum Gasteiger partial charge on any atom is -0.310 e. The van der Waals surface area contributed by atoms with E-state index in [1.54, 1.807) is 4.68 Å². The summed E-state index contributed by atoms with van der Waals surface area (Å²) in [7, 11) is 1.92. The fourth-order valence-electron chi connectivity index (χ4n) is 1.63. The van der Waals surface area contributed by atoms with E-state index in [0.29, 0.717) is 6.04 Å². The van der Waals surface area contributed by atoms with Gasteiger partial charge in [0.25, 0.3) is 0 Å². The van der Waals surface area contributed by atoms with E-state index in [9.17, 15) is 0 Å². The first kappa shape index (κ1) is 11.8. The van der Waals surface area contributed by atoms with Crippen molar-refractivity contribution in [1.82, 2.24) is 20.1 Å². The summed E-state index contributed by atoms with van der Waals surface area (Å²) in [5.41, 5.74) is 3.41. The van der Waals surface area contributed by atoms with Gasteiger partial charge in [-0.1, -0.05) is 13.8 Å². The summed E-state index contributed by atoms with van der Waals surface area (Å²) in [5.74, 6) is 0. The van der Waals surface area contributed by atoms with E-state index >= 15 is 0 Å². The summed E-state index contributed by atoms with van der Waals surface area (Å²) in [5, 5.41) is 7.55. The lowest BCUT2D eigenvalue weighted by molar-refractivity contribution is 0.588. The van der Waals surface area contributed by atoms with Crippen LogP contribution in [0.25, 0.3) is 11.1 Å². The largest absolute Gasteiger partial charge is 0.310 e. The molecule has 2 aromatic heterocycles. The van der Waals surface area contributed by atoms with Gasteiger partial charge in [0, 0.05) is 49.4 Å². The number of hydrogen-bond acceptors (Lipinski definition) is 3. The van der Waals surface area contributed by atoms with Crippen LogP contribution in [0.1, 0.15) is 19.4 Å². The highest BCUT2D eigenvalue weighted by Gasteiger charge is 2.02. The van der Waals surface area contributed by atoms with Crippen molar-refractivity contribution >= 4 is 0 Å². The molecule has 0 aliphatic rings. The second-order valence-corrected chi connectivity index (χ2v) is 4.52. The summed E-state index contributed by atoms with van der Waals surface area (Å²) < 4.78 is 1.80. The minimum atomic E-state index is 0.483. The van der Waals surface area contributed by atoms with E-state index in [-0.39, 0.29) is 0 Å². The molecule has 0 aliphatic carbocycles. The molecule has 2 rings (SSSR count). The Bertz CT molecular complexity index is 488. The summed E-state index contributed by atoms with van der Waals surface area (Å²) in [6.45, 7) is 5.12. The third-order valence-corrected chi connectivity index (χ3v) is 2.55. The van der Waals surface area contributed by atoms with Crippen LogP contribution in [0.2, 0.25) is 0 Å². The molecule has 2 aromatic rings. The number of pyridine rings is 1. The van der Waals surface area contributed by atoms with Crippen LogP contribution in [0.5, 0.6) is 0 Å². The topological polar surface area (TPSA) is 42.7 Å². The first-order valence-corrected chi connectivity index (χ1v) is 5.81. The van der Waals surface area contributed by atoms with Crippen LogP contribution in [0.15, 0.2) is 30.9 Å². The molecule has 0 amide bonds. The molecule has 4 nitrogen and oxygen atoms in total. The van der Waals surface area contributed by atoms with E-state index in [4.69, 9.17) is 0 Å². The molecular weight excluding hydrogens is 212 g/mol. The first-order valence-electron chi connectivity index (χ1n) is 5.81. The van der Waals surface area contributed by atoms with Crippen molar-refractivity contribution in [1.29, 1.82) is 0 Å². The van der Waals surface area contributed by atoms with Crippen molar-refractivity contribution in [3.05, 3.63) is 36.4 Å². The molecule has 90 valence electrons. The van der Waals surface area contributed by atoms with Crippen LogP contribution in [-0.4, -0.2) is 20.8 Å². The highest BCUT2D eigenvalue weighted by Crippen LogP contribution is 2.18. The number of aromatic nitrogens is 3. The van der Waals surface area contributed by atoms with E-state index in [2.05, 4.69) is 35.3 Å². The zero-order valence-electron chi connectivity index (χ0n) is 10.5. The Morgan fingerprint density at radius 2 is 2.06 bits per heavy atom. The Labute approximate surface area is 102 Å². The lowest BCUT2D eigenvalue weighted by Crippen LogP contribution is -2.21. The number of rotatable bonds is 4. The van der Waals surface area contributed by atoms with Gasteiger partial charge in [0.2, 0.25) is 0 Å². The van der Waals surface area contributed by atoms with Gasteiger partial charge in [-0.05, 0) is 11.6 Å². The molecule has 0 aromatic carbocycles. The van der Waals surface area contributed by atoms with Gasteiger partial charge in [-0.2, -0.15) is 5.10 Å². The molecule has 0 atom stereocenters. The van der Waals surface area contributed by atoms with E-state index in [0.717, 1.165) is 17.7 Å². The second kappa shape index (κ2) is 5.10. The molecule has 0 aliphatic heterocycles. The molecule has 0 radical (unpaired) electrons. The second-order valence-electron chi connectivity index (χ2n) is 4.52. The molecule has 4 heteroatoms. The van der Waals surface area contributed by atoms with Gasteiger partial charge in [0.05, 0.1) is 6.20 Å². The van der Waals surface area contributed by atoms with Crippen molar-refractivity contribution in [3.8, 4) is 11.1 Å². The van der Waals surface area contributed by atoms with Crippen LogP contribution in [0.3, 0.4) is 0 Å². The van der Waals surface area contributed by atoms with Crippen LogP contribution < -0.4 is 5.32 Å². The van der Waals surface area contributed by atoms with Crippen LogP contribution in [0, 0.1) is 0 Å². The molecule has 0 saturated carbocycles. The van der Waals surface area contributed by atoms with Crippen molar-refractivity contribution in [2.75, 3.05) is 0 Å². The van der Waals surface area contributed by atoms with Crippen molar-refractivity contribution in [2.24, 2.45) is 7.05 Å². The Kier molecular flexibility index (Phi) is 3.54. The average molecular weight is 230 g/mol. The quantitative estimate of drug-likeness (QED) is 0.873. The third-order valence-electron chi connectivity index (χ3n) is 2.55. The van der Waals surface area contributed by atoms with Gasteiger partial charge >= 0.3 is 0 Å². The number of nitrogens with one attached hydrogen (secondary N) is 1. The fraction of sp³-hybridized carbons (Fsp3) is 0.385. The van der Waals surface area contributed by atoms with Crippen molar-refractivity contribution < 1.29 is 0 Å². The van der Waals surface area contributed by atoms with Gasteiger partial charge in [-0.15, -0.1) is 0 Å². The third kappa shape index (κ3) is 3.14. The zero-order chi connectivity index (χ0) is 12.3. The van der Waals surface area contributed by atoms with Crippen molar-refractivity contribution in [2.45, 2.75) is 26.4 Å². The summed E-state index contributed by atoms with van der Waals surface area (Å²) in [6, 6.07) is 2.64. The molecule has 0 fully saturated rings. The van der Waals surface area contributed by atoms with Gasteiger partial charge < -0.3 is 5.32 Å². The minimum absolute atomic E-state index is 0.483. The smallest absolute Gasteiger partial charge is 0.0568 e. The van der Waals surface area contributed by atoms with Gasteiger partial charge in [-0.3, -0.25) is 9.67 Å². The van der Waals surface area contributed by atoms with Crippen molar-refractivity contribution in [3.63, 3.8) is 0 Å². The monoisotopic (exact) mass is 230 g/mol. The SMILES string of the molecule is CC(C)NCc1cncc(-c2cnn(C)c2)c1. The average Bonchev–Trinajstić information content (AvgIpc) is 2.74. The van der Waals surface area contributed by atoms with Gasteiger partial charge in [0.1, 0.15) is 0 Å². The maximum atomic E-state index is 4.27. The highest BCUT2D eigenvalue weighted by molar-refractivity contribution is 5.61. The molecule has 2 heterocycles. The Hall–Kier alpha value is -1.68. The molecular formula is C13H18N4. The zero-order valence-corrected chi connectivity index (χ0v) is 10.5.